The van der Waals surface area contributed by atoms with Gasteiger partial charge in [0.1, 0.15) is 17.8 Å². The Morgan fingerprint density at radius 3 is 2.68 bits per heavy atom. The summed E-state index contributed by atoms with van der Waals surface area (Å²) in [5.74, 6) is 5.54. The Labute approximate surface area is 204 Å². The summed E-state index contributed by atoms with van der Waals surface area (Å²) in [5.41, 5.74) is 2.40. The van der Waals surface area contributed by atoms with E-state index in [2.05, 4.69) is 31.1 Å². The van der Waals surface area contributed by atoms with Crippen LogP contribution in [0.25, 0.3) is 11.0 Å². The number of hydrogen-bond acceptors (Lipinski definition) is 4. The van der Waals surface area contributed by atoms with Gasteiger partial charge < -0.3 is 4.74 Å². The Hall–Kier alpha value is -1.91. The van der Waals surface area contributed by atoms with E-state index in [0.29, 0.717) is 23.7 Å². The summed E-state index contributed by atoms with van der Waals surface area (Å²) in [4.78, 5) is 13.7. The number of carbonyl (C=O) groups is 1. The van der Waals surface area contributed by atoms with Gasteiger partial charge in [0.15, 0.2) is 5.78 Å². The molecule has 1 aromatic heterocycles. The molecule has 0 bridgehead atoms. The first-order chi connectivity index (χ1) is 16.3. The molecule has 1 heterocycles. The average molecular weight is 464 g/mol. The highest BCUT2D eigenvalue weighted by Crippen LogP contribution is 2.67. The van der Waals surface area contributed by atoms with Crippen molar-refractivity contribution in [2.45, 2.75) is 85.1 Å². The molecule has 0 radical (unpaired) electrons. The molecule has 4 saturated carbocycles. The number of nitrogens with zero attached hydrogens (tertiary/aromatic N) is 3. The van der Waals surface area contributed by atoms with E-state index in [1.165, 1.54) is 51.4 Å². The monoisotopic (exact) mass is 463 g/mol. The lowest BCUT2D eigenvalue weighted by Gasteiger charge is -2.61. The lowest BCUT2D eigenvalue weighted by molar-refractivity contribution is -0.137. The van der Waals surface area contributed by atoms with Crippen molar-refractivity contribution in [3.63, 3.8) is 0 Å². The molecule has 2 aromatic rings. The molecule has 0 spiro atoms. The maximum absolute atomic E-state index is 13.7. The first-order valence-corrected chi connectivity index (χ1v) is 13.7. The maximum Gasteiger partial charge on any atom is 0.157 e. The Bertz CT molecular complexity index is 1090. The van der Waals surface area contributed by atoms with Gasteiger partial charge in [-0.15, -0.1) is 5.10 Å². The molecule has 34 heavy (non-hydrogen) atoms. The van der Waals surface area contributed by atoms with Crippen LogP contribution in [0.5, 0.6) is 5.75 Å². The largest absolute Gasteiger partial charge is 0.497 e. The van der Waals surface area contributed by atoms with Gasteiger partial charge in [-0.1, -0.05) is 32.4 Å². The molecule has 4 aliphatic carbocycles. The molecule has 184 valence electrons. The van der Waals surface area contributed by atoms with Crippen LogP contribution in [-0.2, 0) is 11.3 Å². The number of aromatic nitrogens is 3. The molecule has 6 rings (SSSR count). The van der Waals surface area contributed by atoms with Gasteiger partial charge in [-0.25, -0.2) is 4.68 Å². The SMILES string of the molecule is COc1ccc2c(c1)nnn2CC(=O)[C@H]1CCC2C3CCC4CC(C)CCC4(C)C3CCC21C. The van der Waals surface area contributed by atoms with Crippen LogP contribution in [0, 0.1) is 46.3 Å². The number of fused-ring (bicyclic) bond motifs is 6. The fourth-order valence-electron chi connectivity index (χ4n) is 9.45. The summed E-state index contributed by atoms with van der Waals surface area (Å²) < 4.78 is 7.11. The minimum atomic E-state index is 0.156. The smallest absolute Gasteiger partial charge is 0.157 e. The van der Waals surface area contributed by atoms with Crippen LogP contribution >= 0.6 is 0 Å². The van der Waals surface area contributed by atoms with E-state index in [0.717, 1.165) is 46.9 Å². The molecular weight excluding hydrogens is 422 g/mol. The van der Waals surface area contributed by atoms with Gasteiger partial charge in [-0.05, 0) is 104 Å². The third-order valence-electron chi connectivity index (χ3n) is 11.3. The van der Waals surface area contributed by atoms with Crippen molar-refractivity contribution >= 4 is 16.8 Å². The normalized spacial score (nSPS) is 41.5. The zero-order chi connectivity index (χ0) is 23.7. The van der Waals surface area contributed by atoms with E-state index in [4.69, 9.17) is 4.74 Å². The molecule has 0 saturated heterocycles. The van der Waals surface area contributed by atoms with Crippen LogP contribution in [-0.4, -0.2) is 27.9 Å². The Balaban J connectivity index is 1.21. The van der Waals surface area contributed by atoms with Gasteiger partial charge in [-0.2, -0.15) is 0 Å². The Morgan fingerprint density at radius 1 is 1.06 bits per heavy atom. The van der Waals surface area contributed by atoms with Crippen molar-refractivity contribution in [2.24, 2.45) is 46.3 Å². The second kappa shape index (κ2) is 8.06. The van der Waals surface area contributed by atoms with E-state index in [1.54, 1.807) is 11.8 Å². The molecule has 7 unspecified atom stereocenters. The van der Waals surface area contributed by atoms with E-state index < -0.39 is 0 Å². The molecule has 8 atom stereocenters. The predicted molar refractivity (Wildman–Crippen MR) is 133 cm³/mol. The zero-order valence-electron chi connectivity index (χ0n) is 21.4. The number of hydrogen-bond donors (Lipinski definition) is 0. The van der Waals surface area contributed by atoms with Crippen LogP contribution in [0.2, 0.25) is 0 Å². The Morgan fingerprint density at radius 2 is 1.85 bits per heavy atom. The zero-order valence-corrected chi connectivity index (χ0v) is 21.4. The standard InChI is InChI=1S/C29H41N3O2/c1-18-11-13-28(2)19(15-18)5-7-21-22-8-9-24(29(22,3)14-12-23(21)28)27(33)17-32-26-10-6-20(34-4)16-25(26)30-31-32/h6,10,16,18-19,21-24H,5,7-9,11-15,17H2,1-4H3/t18?,19?,21?,22?,23?,24-,28?,29?/m1/s1. The van der Waals surface area contributed by atoms with E-state index in [-0.39, 0.29) is 11.3 Å². The van der Waals surface area contributed by atoms with Crippen molar-refractivity contribution in [3.05, 3.63) is 18.2 Å². The van der Waals surface area contributed by atoms with E-state index >= 15 is 0 Å². The quantitative estimate of drug-likeness (QED) is 0.534. The molecule has 4 aliphatic rings. The maximum atomic E-state index is 13.7. The van der Waals surface area contributed by atoms with Crippen LogP contribution in [0.15, 0.2) is 18.2 Å². The molecule has 5 nitrogen and oxygen atoms in total. The third-order valence-corrected chi connectivity index (χ3v) is 11.3. The van der Waals surface area contributed by atoms with Crippen LogP contribution in [0.4, 0.5) is 0 Å². The van der Waals surface area contributed by atoms with Crippen LogP contribution < -0.4 is 4.74 Å². The lowest BCUT2D eigenvalue weighted by Crippen LogP contribution is -2.53. The first kappa shape index (κ1) is 22.5. The van der Waals surface area contributed by atoms with Crippen molar-refractivity contribution in [3.8, 4) is 5.75 Å². The molecule has 1 aromatic carbocycles. The second-order valence-electron chi connectivity index (χ2n) is 12.8. The summed E-state index contributed by atoms with van der Waals surface area (Å²) in [7, 11) is 1.66. The fraction of sp³-hybridized carbons (Fsp3) is 0.759. The van der Waals surface area contributed by atoms with Crippen molar-refractivity contribution in [2.75, 3.05) is 7.11 Å². The number of ether oxygens (including phenoxy) is 1. The van der Waals surface area contributed by atoms with Crippen molar-refractivity contribution in [1.82, 2.24) is 15.0 Å². The van der Waals surface area contributed by atoms with Gasteiger partial charge in [0.05, 0.1) is 12.6 Å². The summed E-state index contributed by atoms with van der Waals surface area (Å²) in [6.07, 6.45) is 11.9. The summed E-state index contributed by atoms with van der Waals surface area (Å²) in [6, 6.07) is 5.78. The number of benzene rings is 1. The highest BCUT2D eigenvalue weighted by Gasteiger charge is 2.60. The van der Waals surface area contributed by atoms with Gasteiger partial charge in [0.2, 0.25) is 0 Å². The number of Topliss-reactive ketones (excluding diaryl/α,β-unsaturated/α-hetero) is 1. The van der Waals surface area contributed by atoms with Gasteiger partial charge in [0, 0.05) is 12.0 Å². The number of rotatable bonds is 4. The van der Waals surface area contributed by atoms with Gasteiger partial charge >= 0.3 is 0 Å². The second-order valence-corrected chi connectivity index (χ2v) is 12.8. The summed E-state index contributed by atoms with van der Waals surface area (Å²) in [5, 5.41) is 8.62. The molecule has 0 N–H and O–H groups in total. The molecule has 0 amide bonds. The lowest BCUT2D eigenvalue weighted by atomic mass is 9.44. The molecule has 5 heteroatoms. The minimum Gasteiger partial charge on any atom is -0.497 e. The highest BCUT2D eigenvalue weighted by atomic mass is 16.5. The van der Waals surface area contributed by atoms with Crippen LogP contribution in [0.1, 0.15) is 78.6 Å². The van der Waals surface area contributed by atoms with Crippen LogP contribution in [0.3, 0.4) is 0 Å². The third kappa shape index (κ3) is 3.28. The number of ketones is 1. The van der Waals surface area contributed by atoms with E-state index in [9.17, 15) is 4.79 Å². The van der Waals surface area contributed by atoms with Crippen molar-refractivity contribution in [1.29, 1.82) is 0 Å². The number of carbonyl (C=O) groups excluding carboxylic acids is 1. The summed E-state index contributed by atoms with van der Waals surface area (Å²) in [6.45, 7) is 7.91. The molecule has 4 fully saturated rings. The Kier molecular flexibility index (Phi) is 5.35. The minimum absolute atomic E-state index is 0.156. The molecule has 0 aliphatic heterocycles. The number of methoxy groups -OCH3 is 1. The highest BCUT2D eigenvalue weighted by molar-refractivity contribution is 5.84. The summed E-state index contributed by atoms with van der Waals surface area (Å²) >= 11 is 0. The van der Waals surface area contributed by atoms with E-state index in [1.807, 2.05) is 18.2 Å². The van der Waals surface area contributed by atoms with Gasteiger partial charge in [-0.3, -0.25) is 4.79 Å². The molecular formula is C29H41N3O2. The average Bonchev–Trinajstić information content (AvgIpc) is 3.39. The fourth-order valence-corrected chi connectivity index (χ4v) is 9.45. The predicted octanol–water partition coefficient (Wildman–Crippen LogP) is 6.30. The first-order valence-electron chi connectivity index (χ1n) is 13.7. The van der Waals surface area contributed by atoms with Crippen molar-refractivity contribution < 1.29 is 9.53 Å². The topological polar surface area (TPSA) is 57.0 Å². The van der Waals surface area contributed by atoms with Gasteiger partial charge in [0.25, 0.3) is 0 Å².